The molecule has 22 heavy (non-hydrogen) atoms. The zero-order valence-electron chi connectivity index (χ0n) is 12.2. The molecule has 0 aliphatic heterocycles. The van der Waals surface area contributed by atoms with Crippen LogP contribution in [0.4, 0.5) is 4.39 Å². The van der Waals surface area contributed by atoms with Crippen molar-refractivity contribution in [3.63, 3.8) is 0 Å². The van der Waals surface area contributed by atoms with Gasteiger partial charge in [0.1, 0.15) is 17.7 Å². The van der Waals surface area contributed by atoms with Gasteiger partial charge >= 0.3 is 5.69 Å². The smallest absolute Gasteiger partial charge is 0.331 e. The van der Waals surface area contributed by atoms with Crippen LogP contribution in [0.3, 0.4) is 0 Å². The fourth-order valence-corrected chi connectivity index (χ4v) is 2.49. The number of nitrogens with zero attached hydrogens (tertiary/aromatic N) is 1. The van der Waals surface area contributed by atoms with Crippen molar-refractivity contribution in [1.82, 2.24) is 9.55 Å². The SMILES string of the molecule is CC(C)c1c(Cl)n(COCc2cccc(F)c2)c(=O)[nH]c1=O. The van der Waals surface area contributed by atoms with Gasteiger partial charge in [0, 0.05) is 0 Å². The third-order valence-electron chi connectivity index (χ3n) is 3.12. The molecule has 0 aliphatic rings. The molecule has 2 rings (SSSR count). The molecule has 1 aromatic carbocycles. The van der Waals surface area contributed by atoms with Crippen LogP contribution in [0, 0.1) is 5.82 Å². The summed E-state index contributed by atoms with van der Waals surface area (Å²) in [4.78, 5) is 25.8. The largest absolute Gasteiger partial charge is 0.356 e. The average molecular weight is 327 g/mol. The number of halogens is 2. The molecule has 2 aromatic rings. The first-order valence-electron chi connectivity index (χ1n) is 6.75. The van der Waals surface area contributed by atoms with Crippen LogP contribution in [0.1, 0.15) is 30.9 Å². The number of ether oxygens (including phenoxy) is 1. The monoisotopic (exact) mass is 326 g/mol. The van der Waals surface area contributed by atoms with E-state index in [0.29, 0.717) is 11.1 Å². The summed E-state index contributed by atoms with van der Waals surface area (Å²) in [6.45, 7) is 3.60. The van der Waals surface area contributed by atoms with E-state index in [0.717, 1.165) is 4.57 Å². The lowest BCUT2D eigenvalue weighted by atomic mass is 10.1. The van der Waals surface area contributed by atoms with Crippen LogP contribution in [0.5, 0.6) is 0 Å². The molecule has 0 unspecified atom stereocenters. The predicted molar refractivity (Wildman–Crippen MR) is 81.6 cm³/mol. The molecule has 5 nitrogen and oxygen atoms in total. The molecule has 118 valence electrons. The second-order valence-corrected chi connectivity index (χ2v) is 5.51. The lowest BCUT2D eigenvalue weighted by molar-refractivity contribution is 0.0606. The van der Waals surface area contributed by atoms with Crippen LogP contribution in [0.2, 0.25) is 5.15 Å². The van der Waals surface area contributed by atoms with Crippen molar-refractivity contribution in [2.45, 2.75) is 33.1 Å². The average Bonchev–Trinajstić information content (AvgIpc) is 2.41. The molecule has 0 aliphatic carbocycles. The van der Waals surface area contributed by atoms with Gasteiger partial charge in [-0.05, 0) is 23.6 Å². The molecule has 7 heteroatoms. The van der Waals surface area contributed by atoms with Gasteiger partial charge in [-0.3, -0.25) is 14.3 Å². The fraction of sp³-hybridized carbons (Fsp3) is 0.333. The second kappa shape index (κ2) is 6.89. The number of nitrogens with one attached hydrogen (secondary N) is 1. The van der Waals surface area contributed by atoms with Gasteiger partial charge in [-0.1, -0.05) is 37.6 Å². The molecule has 0 fully saturated rings. The van der Waals surface area contributed by atoms with Gasteiger partial charge < -0.3 is 4.74 Å². The maximum atomic E-state index is 13.1. The summed E-state index contributed by atoms with van der Waals surface area (Å²) in [6.07, 6.45) is 0. The number of rotatable bonds is 5. The van der Waals surface area contributed by atoms with E-state index in [1.165, 1.54) is 12.1 Å². The molecular weight excluding hydrogens is 311 g/mol. The molecule has 0 saturated carbocycles. The third-order valence-corrected chi connectivity index (χ3v) is 3.53. The summed E-state index contributed by atoms with van der Waals surface area (Å²) in [7, 11) is 0. The summed E-state index contributed by atoms with van der Waals surface area (Å²) >= 11 is 6.12. The Kier molecular flexibility index (Phi) is 5.15. The minimum atomic E-state index is -0.640. The van der Waals surface area contributed by atoms with Crippen LogP contribution in [-0.2, 0) is 18.1 Å². The number of H-pyrrole nitrogens is 1. The molecule has 1 aromatic heterocycles. The quantitative estimate of drug-likeness (QED) is 0.859. The van der Waals surface area contributed by atoms with E-state index in [4.69, 9.17) is 16.3 Å². The highest BCUT2D eigenvalue weighted by atomic mass is 35.5. The Morgan fingerprint density at radius 3 is 2.73 bits per heavy atom. The molecule has 0 spiro atoms. The van der Waals surface area contributed by atoms with Crippen LogP contribution in [-0.4, -0.2) is 9.55 Å². The van der Waals surface area contributed by atoms with Crippen molar-refractivity contribution in [2.75, 3.05) is 0 Å². The Morgan fingerprint density at radius 2 is 2.09 bits per heavy atom. The maximum absolute atomic E-state index is 13.1. The fourth-order valence-electron chi connectivity index (χ4n) is 2.06. The highest BCUT2D eigenvalue weighted by Gasteiger charge is 2.15. The van der Waals surface area contributed by atoms with Gasteiger partial charge in [-0.2, -0.15) is 0 Å². The van der Waals surface area contributed by atoms with Gasteiger partial charge in [-0.15, -0.1) is 0 Å². The van der Waals surface area contributed by atoms with Crippen LogP contribution >= 0.6 is 11.6 Å². The number of hydrogen-bond acceptors (Lipinski definition) is 3. The topological polar surface area (TPSA) is 64.1 Å². The van der Waals surface area contributed by atoms with Gasteiger partial charge in [0.2, 0.25) is 0 Å². The Hall–Kier alpha value is -1.92. The molecule has 0 atom stereocenters. The third kappa shape index (κ3) is 3.64. The summed E-state index contributed by atoms with van der Waals surface area (Å²) in [5, 5.41) is 0.0583. The summed E-state index contributed by atoms with van der Waals surface area (Å²) in [5.74, 6) is -0.492. The highest BCUT2D eigenvalue weighted by molar-refractivity contribution is 6.30. The normalized spacial score (nSPS) is 11.1. The van der Waals surface area contributed by atoms with E-state index in [1.807, 2.05) is 0 Å². The molecule has 1 heterocycles. The Labute approximate surface area is 131 Å². The highest BCUT2D eigenvalue weighted by Crippen LogP contribution is 2.18. The predicted octanol–water partition coefficient (Wildman–Crippen LogP) is 2.63. The van der Waals surface area contributed by atoms with E-state index >= 15 is 0 Å². The number of aromatic amines is 1. The van der Waals surface area contributed by atoms with E-state index in [1.54, 1.807) is 26.0 Å². The van der Waals surface area contributed by atoms with E-state index in [2.05, 4.69) is 4.98 Å². The van der Waals surface area contributed by atoms with E-state index < -0.39 is 11.2 Å². The summed E-state index contributed by atoms with van der Waals surface area (Å²) < 4.78 is 19.6. The maximum Gasteiger partial charge on any atom is 0.331 e. The summed E-state index contributed by atoms with van der Waals surface area (Å²) in [6, 6.07) is 5.96. The van der Waals surface area contributed by atoms with Crippen LogP contribution < -0.4 is 11.2 Å². The number of aromatic nitrogens is 2. The lowest BCUT2D eigenvalue weighted by Crippen LogP contribution is -2.34. The zero-order valence-corrected chi connectivity index (χ0v) is 13.0. The van der Waals surface area contributed by atoms with E-state index in [9.17, 15) is 14.0 Å². The second-order valence-electron chi connectivity index (χ2n) is 5.15. The van der Waals surface area contributed by atoms with Gasteiger partial charge in [0.15, 0.2) is 0 Å². The van der Waals surface area contributed by atoms with Crippen molar-refractivity contribution < 1.29 is 9.13 Å². The first-order chi connectivity index (χ1) is 10.4. The molecule has 0 bridgehead atoms. The van der Waals surface area contributed by atoms with Crippen molar-refractivity contribution in [2.24, 2.45) is 0 Å². The van der Waals surface area contributed by atoms with E-state index in [-0.39, 0.29) is 30.2 Å². The molecule has 0 amide bonds. The summed E-state index contributed by atoms with van der Waals surface area (Å²) in [5.41, 5.74) is -0.168. The van der Waals surface area contributed by atoms with Crippen molar-refractivity contribution >= 4 is 11.6 Å². The molecular formula is C15H16ClFN2O3. The molecule has 0 saturated heterocycles. The van der Waals surface area contributed by atoms with Gasteiger partial charge in [0.25, 0.3) is 5.56 Å². The van der Waals surface area contributed by atoms with Crippen LogP contribution in [0.15, 0.2) is 33.9 Å². The lowest BCUT2D eigenvalue weighted by Gasteiger charge is -2.13. The zero-order chi connectivity index (χ0) is 16.3. The minimum Gasteiger partial charge on any atom is -0.356 e. The Balaban J connectivity index is 2.18. The Morgan fingerprint density at radius 1 is 1.36 bits per heavy atom. The molecule has 1 N–H and O–H groups in total. The molecule has 0 radical (unpaired) electrons. The number of hydrogen-bond donors (Lipinski definition) is 1. The van der Waals surface area contributed by atoms with Crippen molar-refractivity contribution in [3.05, 3.63) is 67.2 Å². The van der Waals surface area contributed by atoms with Gasteiger partial charge in [0.05, 0.1) is 12.2 Å². The van der Waals surface area contributed by atoms with Crippen molar-refractivity contribution in [3.8, 4) is 0 Å². The number of benzene rings is 1. The minimum absolute atomic E-state index is 0.0583. The standard InChI is InChI=1S/C15H16ClFN2O3/c1-9(2)12-13(16)19(15(21)18-14(12)20)8-22-7-10-4-3-5-11(17)6-10/h3-6,9H,7-8H2,1-2H3,(H,18,20,21). The first kappa shape index (κ1) is 16.5. The first-order valence-corrected chi connectivity index (χ1v) is 7.12. The Bertz CT molecular complexity index is 783. The van der Waals surface area contributed by atoms with Crippen molar-refractivity contribution in [1.29, 1.82) is 0 Å². The van der Waals surface area contributed by atoms with Crippen LogP contribution in [0.25, 0.3) is 0 Å². The van der Waals surface area contributed by atoms with Gasteiger partial charge in [-0.25, -0.2) is 9.18 Å².